The van der Waals surface area contributed by atoms with Crippen LogP contribution in [0.2, 0.25) is 0 Å². The molecular weight excluding hydrogens is 352 g/mol. The van der Waals surface area contributed by atoms with E-state index in [1.165, 1.54) is 5.56 Å². The molecule has 1 aromatic carbocycles. The summed E-state index contributed by atoms with van der Waals surface area (Å²) in [4.78, 5) is 19.6. The second-order valence-electron chi connectivity index (χ2n) is 7.31. The summed E-state index contributed by atoms with van der Waals surface area (Å²) in [6, 6.07) is 12.3. The number of carbonyl (C=O) groups excluding carboxylic acids is 1. The topological polar surface area (TPSA) is 59.4 Å². The average Bonchev–Trinajstić information content (AvgIpc) is 3.05. The number of morpholine rings is 1. The van der Waals surface area contributed by atoms with Crippen LogP contribution in [0.25, 0.3) is 10.9 Å². The highest BCUT2D eigenvalue weighted by Gasteiger charge is 2.24. The standard InChI is InChI=1S/C22H26N4O2/c1-16-5-6-19-18(12-16)13-20(25(19)2)22(27)24-15-21(17-4-3-7-23-14-17)26-8-10-28-11-9-26/h3-7,12-14,21H,8-11,15H2,1-2H3,(H,24,27)/t21-/m0/s1. The zero-order valence-corrected chi connectivity index (χ0v) is 16.4. The Bertz CT molecular complexity index is 961. The monoisotopic (exact) mass is 378 g/mol. The Morgan fingerprint density at radius 3 is 2.82 bits per heavy atom. The molecule has 146 valence electrons. The maximum Gasteiger partial charge on any atom is 0.267 e. The van der Waals surface area contributed by atoms with Crippen molar-refractivity contribution in [3.63, 3.8) is 0 Å². The van der Waals surface area contributed by atoms with Crippen molar-refractivity contribution in [3.8, 4) is 0 Å². The zero-order chi connectivity index (χ0) is 19.5. The van der Waals surface area contributed by atoms with Gasteiger partial charge >= 0.3 is 0 Å². The van der Waals surface area contributed by atoms with Gasteiger partial charge in [0.25, 0.3) is 5.91 Å². The van der Waals surface area contributed by atoms with Crippen molar-refractivity contribution in [3.05, 3.63) is 65.6 Å². The molecule has 0 saturated carbocycles. The largest absolute Gasteiger partial charge is 0.379 e. The number of hydrogen-bond donors (Lipinski definition) is 1. The van der Waals surface area contributed by atoms with E-state index in [4.69, 9.17) is 4.74 Å². The first kappa shape index (κ1) is 18.7. The molecule has 1 aliphatic rings. The van der Waals surface area contributed by atoms with Crippen molar-refractivity contribution in [1.82, 2.24) is 19.8 Å². The van der Waals surface area contributed by atoms with Crippen molar-refractivity contribution >= 4 is 16.8 Å². The molecule has 6 heteroatoms. The van der Waals surface area contributed by atoms with Crippen molar-refractivity contribution in [2.75, 3.05) is 32.8 Å². The van der Waals surface area contributed by atoms with Crippen LogP contribution in [-0.4, -0.2) is 53.2 Å². The third kappa shape index (κ3) is 3.79. The molecule has 3 heterocycles. The van der Waals surface area contributed by atoms with Crippen LogP contribution in [0.5, 0.6) is 0 Å². The summed E-state index contributed by atoms with van der Waals surface area (Å²) >= 11 is 0. The van der Waals surface area contributed by atoms with E-state index in [1.54, 1.807) is 6.20 Å². The van der Waals surface area contributed by atoms with Crippen LogP contribution in [0.1, 0.15) is 27.7 Å². The highest BCUT2D eigenvalue weighted by atomic mass is 16.5. The molecule has 1 amide bonds. The van der Waals surface area contributed by atoms with Gasteiger partial charge in [0.2, 0.25) is 0 Å². The third-order valence-electron chi connectivity index (χ3n) is 5.44. The van der Waals surface area contributed by atoms with E-state index in [9.17, 15) is 4.79 Å². The summed E-state index contributed by atoms with van der Waals surface area (Å²) in [6.45, 7) is 5.73. The Kier molecular flexibility index (Phi) is 5.41. The molecule has 1 saturated heterocycles. The fourth-order valence-corrected chi connectivity index (χ4v) is 3.89. The molecule has 0 unspecified atom stereocenters. The maximum absolute atomic E-state index is 12.9. The molecule has 1 fully saturated rings. The number of nitrogens with one attached hydrogen (secondary N) is 1. The van der Waals surface area contributed by atoms with Gasteiger partial charge in [0.05, 0.1) is 19.3 Å². The summed E-state index contributed by atoms with van der Waals surface area (Å²) in [7, 11) is 1.94. The van der Waals surface area contributed by atoms with Crippen LogP contribution in [0, 0.1) is 6.92 Å². The summed E-state index contributed by atoms with van der Waals surface area (Å²) < 4.78 is 7.45. The molecular formula is C22H26N4O2. The van der Waals surface area contributed by atoms with Crippen molar-refractivity contribution in [1.29, 1.82) is 0 Å². The summed E-state index contributed by atoms with van der Waals surface area (Å²) in [5, 5.41) is 4.23. The molecule has 1 aliphatic heterocycles. The molecule has 0 spiro atoms. The van der Waals surface area contributed by atoms with E-state index < -0.39 is 0 Å². The molecule has 4 rings (SSSR count). The van der Waals surface area contributed by atoms with E-state index in [-0.39, 0.29) is 11.9 Å². The number of hydrogen-bond acceptors (Lipinski definition) is 4. The number of carbonyl (C=O) groups is 1. The minimum absolute atomic E-state index is 0.0569. The van der Waals surface area contributed by atoms with Gasteiger partial charge in [0, 0.05) is 50.0 Å². The molecule has 0 radical (unpaired) electrons. The van der Waals surface area contributed by atoms with E-state index in [1.807, 2.05) is 29.9 Å². The molecule has 2 aromatic heterocycles. The van der Waals surface area contributed by atoms with Gasteiger partial charge in [-0.2, -0.15) is 0 Å². The third-order valence-corrected chi connectivity index (χ3v) is 5.44. The first-order valence-corrected chi connectivity index (χ1v) is 9.69. The molecule has 1 atom stereocenters. The first-order chi connectivity index (χ1) is 13.6. The number of fused-ring (bicyclic) bond motifs is 1. The van der Waals surface area contributed by atoms with Gasteiger partial charge in [0.15, 0.2) is 0 Å². The maximum atomic E-state index is 12.9. The van der Waals surface area contributed by atoms with Crippen LogP contribution in [0.3, 0.4) is 0 Å². The molecule has 1 N–H and O–H groups in total. The molecule has 28 heavy (non-hydrogen) atoms. The Labute approximate surface area is 165 Å². The highest BCUT2D eigenvalue weighted by Crippen LogP contribution is 2.22. The van der Waals surface area contributed by atoms with Gasteiger partial charge < -0.3 is 14.6 Å². The Balaban J connectivity index is 1.53. The van der Waals surface area contributed by atoms with Gasteiger partial charge in [-0.3, -0.25) is 14.7 Å². The normalized spacial score (nSPS) is 16.2. The number of aryl methyl sites for hydroxylation is 2. The first-order valence-electron chi connectivity index (χ1n) is 9.69. The summed E-state index contributed by atoms with van der Waals surface area (Å²) in [5.74, 6) is -0.0569. The number of amides is 1. The Morgan fingerprint density at radius 1 is 1.25 bits per heavy atom. The van der Waals surface area contributed by atoms with E-state index >= 15 is 0 Å². The van der Waals surface area contributed by atoms with Crippen LogP contribution < -0.4 is 5.32 Å². The number of nitrogens with zero attached hydrogens (tertiary/aromatic N) is 3. The van der Waals surface area contributed by atoms with Crippen LogP contribution >= 0.6 is 0 Å². The average molecular weight is 378 g/mol. The second-order valence-corrected chi connectivity index (χ2v) is 7.31. The van der Waals surface area contributed by atoms with Gasteiger partial charge in [-0.15, -0.1) is 0 Å². The smallest absolute Gasteiger partial charge is 0.267 e. The number of benzene rings is 1. The fraction of sp³-hybridized carbons (Fsp3) is 0.364. The van der Waals surface area contributed by atoms with E-state index in [0.29, 0.717) is 25.5 Å². The van der Waals surface area contributed by atoms with Crippen molar-refractivity contribution in [2.24, 2.45) is 7.05 Å². The molecule has 6 nitrogen and oxygen atoms in total. The number of rotatable bonds is 5. The minimum Gasteiger partial charge on any atom is -0.379 e. The minimum atomic E-state index is -0.0569. The van der Waals surface area contributed by atoms with Crippen LogP contribution in [-0.2, 0) is 11.8 Å². The second kappa shape index (κ2) is 8.12. The summed E-state index contributed by atoms with van der Waals surface area (Å²) in [6.07, 6.45) is 3.65. The Morgan fingerprint density at radius 2 is 2.07 bits per heavy atom. The lowest BCUT2D eigenvalue weighted by Gasteiger charge is -2.34. The predicted molar refractivity (Wildman–Crippen MR) is 109 cm³/mol. The highest BCUT2D eigenvalue weighted by molar-refractivity contribution is 5.98. The lowest BCUT2D eigenvalue weighted by molar-refractivity contribution is 0.0161. The molecule has 3 aromatic rings. The van der Waals surface area contributed by atoms with Crippen molar-refractivity contribution in [2.45, 2.75) is 13.0 Å². The number of aromatic nitrogens is 2. The fourth-order valence-electron chi connectivity index (χ4n) is 3.89. The quantitative estimate of drug-likeness (QED) is 0.742. The predicted octanol–water partition coefficient (Wildman–Crippen LogP) is 2.69. The van der Waals surface area contributed by atoms with Crippen molar-refractivity contribution < 1.29 is 9.53 Å². The van der Waals surface area contributed by atoms with Gasteiger partial charge in [-0.05, 0) is 36.8 Å². The van der Waals surface area contributed by atoms with Gasteiger partial charge in [0.1, 0.15) is 5.69 Å². The Hall–Kier alpha value is -2.70. The number of pyridine rings is 1. The van der Waals surface area contributed by atoms with Gasteiger partial charge in [-0.25, -0.2) is 0 Å². The van der Waals surface area contributed by atoms with Crippen LogP contribution in [0.4, 0.5) is 0 Å². The molecule has 0 bridgehead atoms. The molecule has 0 aliphatic carbocycles. The lowest BCUT2D eigenvalue weighted by Crippen LogP contribution is -2.44. The summed E-state index contributed by atoms with van der Waals surface area (Å²) in [5.41, 5.74) is 4.03. The van der Waals surface area contributed by atoms with Crippen LogP contribution in [0.15, 0.2) is 48.8 Å². The SMILES string of the molecule is Cc1ccc2c(c1)cc(C(=O)NC[C@@H](c1cccnc1)N1CCOCC1)n2C. The zero-order valence-electron chi connectivity index (χ0n) is 16.4. The lowest BCUT2D eigenvalue weighted by atomic mass is 10.1. The van der Waals surface area contributed by atoms with Gasteiger partial charge in [-0.1, -0.05) is 17.7 Å². The number of ether oxygens (including phenoxy) is 1. The van der Waals surface area contributed by atoms with E-state index in [0.717, 1.165) is 29.6 Å². The van der Waals surface area contributed by atoms with E-state index in [2.05, 4.69) is 46.4 Å².